The van der Waals surface area contributed by atoms with Crippen LogP contribution >= 0.6 is 11.6 Å². The normalized spacial score (nSPS) is 18.9. The summed E-state index contributed by atoms with van der Waals surface area (Å²) >= 11 is 5.94. The first-order valence-corrected chi connectivity index (χ1v) is 10.6. The molecule has 30 heavy (non-hydrogen) atoms. The van der Waals surface area contributed by atoms with E-state index < -0.39 is 0 Å². The highest BCUT2D eigenvalue weighted by Gasteiger charge is 2.38. The number of carbonyl (C=O) groups excluding carboxylic acids is 1. The molecule has 7 nitrogen and oxygen atoms in total. The van der Waals surface area contributed by atoms with E-state index in [2.05, 4.69) is 50.2 Å². The van der Waals surface area contributed by atoms with Gasteiger partial charge in [-0.05, 0) is 42.5 Å². The van der Waals surface area contributed by atoms with Crippen LogP contribution in [0.1, 0.15) is 36.2 Å². The van der Waals surface area contributed by atoms with Crippen LogP contribution in [0.25, 0.3) is 0 Å². The van der Waals surface area contributed by atoms with Crippen LogP contribution < -0.4 is 5.32 Å². The fraction of sp³-hybridized carbons (Fsp3) is 0.364. The molecule has 0 aliphatic carbocycles. The van der Waals surface area contributed by atoms with Crippen molar-refractivity contribution in [3.05, 3.63) is 76.6 Å². The number of hydrogen-bond donors (Lipinski definition) is 2. The topological polar surface area (TPSA) is 86.8 Å². The Labute approximate surface area is 180 Å². The van der Waals surface area contributed by atoms with Crippen molar-refractivity contribution in [3.8, 4) is 0 Å². The van der Waals surface area contributed by atoms with Gasteiger partial charge in [-0.1, -0.05) is 59.3 Å². The molecule has 0 bridgehead atoms. The Morgan fingerprint density at radius 2 is 1.97 bits per heavy atom. The van der Waals surface area contributed by atoms with Crippen LogP contribution in [0.15, 0.2) is 54.6 Å². The van der Waals surface area contributed by atoms with Gasteiger partial charge in [0.25, 0.3) is 0 Å². The second-order valence-corrected chi connectivity index (χ2v) is 8.22. The summed E-state index contributed by atoms with van der Waals surface area (Å²) in [6.45, 7) is 1.90. The minimum absolute atomic E-state index is 0.0375. The van der Waals surface area contributed by atoms with Crippen molar-refractivity contribution < 1.29 is 4.79 Å². The fourth-order valence-corrected chi connectivity index (χ4v) is 4.34. The van der Waals surface area contributed by atoms with Crippen LogP contribution in [0, 0.1) is 0 Å². The van der Waals surface area contributed by atoms with Gasteiger partial charge >= 0.3 is 6.03 Å². The second kappa shape index (κ2) is 9.26. The number of halogens is 1. The van der Waals surface area contributed by atoms with Crippen LogP contribution in [0.4, 0.5) is 4.79 Å². The zero-order valence-corrected chi connectivity index (χ0v) is 17.5. The number of likely N-dealkylation sites (tertiary alicyclic amines) is 1. The van der Waals surface area contributed by atoms with Gasteiger partial charge in [0.15, 0.2) is 5.82 Å². The molecule has 2 amide bonds. The molecule has 8 heteroatoms. The van der Waals surface area contributed by atoms with Crippen molar-refractivity contribution in [1.29, 1.82) is 0 Å². The van der Waals surface area contributed by atoms with E-state index in [9.17, 15) is 4.79 Å². The summed E-state index contributed by atoms with van der Waals surface area (Å²) in [5.74, 6) is 0.703. The maximum absolute atomic E-state index is 12.9. The van der Waals surface area contributed by atoms with Gasteiger partial charge in [-0.25, -0.2) is 4.79 Å². The third-order valence-electron chi connectivity index (χ3n) is 5.82. The number of nitrogens with one attached hydrogen (secondary N) is 2. The summed E-state index contributed by atoms with van der Waals surface area (Å²) < 4.78 is 0. The zero-order chi connectivity index (χ0) is 20.8. The highest BCUT2D eigenvalue weighted by molar-refractivity contribution is 6.30. The van der Waals surface area contributed by atoms with Crippen molar-refractivity contribution in [2.24, 2.45) is 0 Å². The molecule has 1 unspecified atom stereocenters. The molecule has 156 valence electrons. The lowest BCUT2D eigenvalue weighted by Gasteiger charge is -2.43. The molecule has 1 saturated heterocycles. The third-order valence-corrected chi connectivity index (χ3v) is 6.08. The van der Waals surface area contributed by atoms with Gasteiger partial charge in [0, 0.05) is 36.5 Å². The van der Waals surface area contributed by atoms with E-state index in [1.54, 1.807) is 0 Å². The van der Waals surface area contributed by atoms with Gasteiger partial charge in [0.2, 0.25) is 0 Å². The quantitative estimate of drug-likeness (QED) is 0.631. The molecule has 1 fully saturated rings. The number of tetrazole rings is 1. The number of urea groups is 1. The molecular formula is C22H25ClN6O. The molecule has 3 aromatic rings. The van der Waals surface area contributed by atoms with E-state index in [1.807, 2.05) is 35.2 Å². The lowest BCUT2D eigenvalue weighted by molar-refractivity contribution is 0.143. The van der Waals surface area contributed by atoms with Gasteiger partial charge in [0.05, 0.1) is 0 Å². The van der Waals surface area contributed by atoms with Crippen LogP contribution in [0.2, 0.25) is 5.02 Å². The minimum atomic E-state index is -0.127. The lowest BCUT2D eigenvalue weighted by atomic mass is 9.71. The number of rotatable bonds is 6. The second-order valence-electron chi connectivity index (χ2n) is 7.78. The molecule has 1 atom stereocenters. The van der Waals surface area contributed by atoms with E-state index in [-0.39, 0.29) is 11.4 Å². The van der Waals surface area contributed by atoms with E-state index >= 15 is 0 Å². The van der Waals surface area contributed by atoms with Crippen molar-refractivity contribution >= 4 is 17.6 Å². The molecule has 1 aliphatic heterocycles. The molecule has 4 rings (SSSR count). The van der Waals surface area contributed by atoms with Gasteiger partial charge in [-0.15, -0.1) is 10.2 Å². The van der Waals surface area contributed by atoms with Gasteiger partial charge in [0.1, 0.15) is 0 Å². The number of hydrogen-bond acceptors (Lipinski definition) is 4. The fourth-order valence-electron chi connectivity index (χ4n) is 4.21. The third kappa shape index (κ3) is 4.79. The Hall–Kier alpha value is -2.93. The molecule has 0 radical (unpaired) electrons. The Balaban J connectivity index is 1.47. The molecule has 2 aromatic carbocycles. The summed E-state index contributed by atoms with van der Waals surface area (Å²) in [5, 5.41) is 18.1. The van der Waals surface area contributed by atoms with Crippen LogP contribution in [0.5, 0.6) is 0 Å². The number of nitrogens with zero attached hydrogens (tertiary/aromatic N) is 4. The number of aromatic nitrogens is 4. The van der Waals surface area contributed by atoms with Crippen molar-refractivity contribution in [3.63, 3.8) is 0 Å². The largest absolute Gasteiger partial charge is 0.334 e. The van der Waals surface area contributed by atoms with E-state index in [1.165, 1.54) is 5.56 Å². The summed E-state index contributed by atoms with van der Waals surface area (Å²) in [6, 6.07) is 18.0. The molecule has 2 N–H and O–H groups in total. The Bertz CT molecular complexity index is 948. The average molecular weight is 425 g/mol. The number of benzene rings is 2. The molecule has 2 heterocycles. The van der Waals surface area contributed by atoms with Gasteiger partial charge in [-0.2, -0.15) is 5.21 Å². The smallest absolute Gasteiger partial charge is 0.317 e. The van der Waals surface area contributed by atoms with E-state index in [0.29, 0.717) is 30.4 Å². The molecule has 0 saturated carbocycles. The monoisotopic (exact) mass is 424 g/mol. The highest BCUT2D eigenvalue weighted by atomic mass is 35.5. The Kier molecular flexibility index (Phi) is 6.28. The predicted octanol–water partition coefficient (Wildman–Crippen LogP) is 3.73. The predicted molar refractivity (Wildman–Crippen MR) is 115 cm³/mol. The summed E-state index contributed by atoms with van der Waals surface area (Å²) in [7, 11) is 0. The van der Waals surface area contributed by atoms with Crippen molar-refractivity contribution in [2.75, 3.05) is 13.1 Å². The maximum Gasteiger partial charge on any atom is 0.317 e. The minimum Gasteiger partial charge on any atom is -0.334 e. The Morgan fingerprint density at radius 1 is 1.17 bits per heavy atom. The van der Waals surface area contributed by atoms with Crippen LogP contribution in [0.3, 0.4) is 0 Å². The SMILES string of the molecule is O=C(NCc1ccc(Cl)cc1)N1CCCC(CCc2nn[nH]n2)(c2ccccc2)C1. The number of aromatic amines is 1. The maximum atomic E-state index is 12.9. The number of amides is 2. The zero-order valence-electron chi connectivity index (χ0n) is 16.7. The van der Waals surface area contributed by atoms with Crippen LogP contribution in [-0.4, -0.2) is 44.6 Å². The standard InChI is InChI=1S/C22H25ClN6O/c23-19-9-7-17(8-10-19)15-24-21(30)29-14-4-12-22(16-29,18-5-2-1-3-6-18)13-11-20-25-27-28-26-20/h1-3,5-10H,4,11-16H2,(H,24,30)(H,25,26,27,28). The lowest BCUT2D eigenvalue weighted by Crippen LogP contribution is -2.51. The molecule has 0 spiro atoms. The first-order valence-electron chi connectivity index (χ1n) is 10.2. The molecular weight excluding hydrogens is 400 g/mol. The van der Waals surface area contributed by atoms with E-state index in [4.69, 9.17) is 11.6 Å². The van der Waals surface area contributed by atoms with Gasteiger partial charge < -0.3 is 10.2 Å². The highest BCUT2D eigenvalue weighted by Crippen LogP contribution is 2.38. The number of aryl methyl sites for hydroxylation is 1. The summed E-state index contributed by atoms with van der Waals surface area (Å²) in [4.78, 5) is 14.9. The van der Waals surface area contributed by atoms with E-state index in [0.717, 1.165) is 31.4 Å². The number of H-pyrrole nitrogens is 1. The summed E-state index contributed by atoms with van der Waals surface area (Å²) in [5.41, 5.74) is 2.15. The number of carbonyl (C=O) groups is 1. The average Bonchev–Trinajstić information content (AvgIpc) is 3.32. The molecule has 1 aliphatic rings. The van der Waals surface area contributed by atoms with Gasteiger partial charge in [-0.3, -0.25) is 0 Å². The number of piperidine rings is 1. The van der Waals surface area contributed by atoms with Crippen molar-refractivity contribution in [2.45, 2.75) is 37.6 Å². The van der Waals surface area contributed by atoms with Crippen molar-refractivity contribution in [1.82, 2.24) is 30.8 Å². The first kappa shape index (κ1) is 20.3. The molecule has 1 aromatic heterocycles. The van der Waals surface area contributed by atoms with Crippen LogP contribution in [-0.2, 0) is 18.4 Å². The Morgan fingerprint density at radius 3 is 2.70 bits per heavy atom. The summed E-state index contributed by atoms with van der Waals surface area (Å²) in [6.07, 6.45) is 3.55. The first-order chi connectivity index (χ1) is 14.6.